The summed E-state index contributed by atoms with van der Waals surface area (Å²) in [5.74, 6) is -0.366. The number of hydrogen-bond donors (Lipinski definition) is 0. The highest BCUT2D eigenvalue weighted by molar-refractivity contribution is 5.72. The lowest BCUT2D eigenvalue weighted by Gasteiger charge is -2.31. The summed E-state index contributed by atoms with van der Waals surface area (Å²) in [4.78, 5) is 13.4. The Bertz CT molecular complexity index is 494. The van der Waals surface area contributed by atoms with Crippen molar-refractivity contribution < 1.29 is 22.7 Å². The minimum Gasteiger partial charge on any atom is -0.469 e. The molecule has 1 aromatic rings. The molecule has 2 rings (SSSR count). The number of likely N-dealkylation sites (tertiary alicyclic amines) is 1. The van der Waals surface area contributed by atoms with Gasteiger partial charge in [0.05, 0.1) is 18.6 Å². The molecular weight excluding hydrogens is 283 g/mol. The van der Waals surface area contributed by atoms with Gasteiger partial charge in [0.25, 0.3) is 0 Å². The Hall–Kier alpha value is -1.56. The first-order valence-electron chi connectivity index (χ1n) is 6.87. The van der Waals surface area contributed by atoms with Crippen LogP contribution in [-0.4, -0.2) is 31.1 Å². The van der Waals surface area contributed by atoms with Crippen LogP contribution in [0.5, 0.6) is 0 Å². The van der Waals surface area contributed by atoms with E-state index in [1.165, 1.54) is 19.2 Å². The molecule has 1 heterocycles. The smallest absolute Gasteiger partial charge is 0.416 e. The maximum absolute atomic E-state index is 12.9. The van der Waals surface area contributed by atoms with Crippen LogP contribution in [0.1, 0.15) is 24.0 Å². The van der Waals surface area contributed by atoms with Gasteiger partial charge in [-0.15, -0.1) is 0 Å². The van der Waals surface area contributed by atoms with Gasteiger partial charge in [0.2, 0.25) is 0 Å². The van der Waals surface area contributed by atoms with Crippen molar-refractivity contribution in [3.05, 3.63) is 35.4 Å². The summed E-state index contributed by atoms with van der Waals surface area (Å²) >= 11 is 0. The molecule has 3 nitrogen and oxygen atoms in total. The predicted molar refractivity (Wildman–Crippen MR) is 71.5 cm³/mol. The molecule has 0 amide bonds. The average Bonchev–Trinajstić information content (AvgIpc) is 2.47. The zero-order valence-electron chi connectivity index (χ0n) is 11.8. The molecule has 0 atom stereocenters. The van der Waals surface area contributed by atoms with E-state index < -0.39 is 11.7 Å². The predicted octanol–water partition coefficient (Wildman–Crippen LogP) is 3.09. The van der Waals surface area contributed by atoms with E-state index in [4.69, 9.17) is 4.74 Å². The fourth-order valence-electron chi connectivity index (χ4n) is 2.67. The molecule has 21 heavy (non-hydrogen) atoms. The monoisotopic (exact) mass is 301 g/mol. The number of rotatable bonds is 3. The number of carbonyl (C=O) groups excluding carboxylic acids is 1. The van der Waals surface area contributed by atoms with Gasteiger partial charge in [0.15, 0.2) is 0 Å². The van der Waals surface area contributed by atoms with E-state index in [0.29, 0.717) is 25.9 Å². The van der Waals surface area contributed by atoms with Crippen LogP contribution in [0.3, 0.4) is 0 Å². The zero-order chi connectivity index (χ0) is 15.5. The van der Waals surface area contributed by atoms with E-state index in [1.54, 1.807) is 6.07 Å². The molecule has 0 spiro atoms. The number of hydrogen-bond acceptors (Lipinski definition) is 3. The highest BCUT2D eigenvalue weighted by Crippen LogP contribution is 2.33. The Balaban J connectivity index is 2.00. The normalized spacial score (nSPS) is 17.7. The minimum absolute atomic E-state index is 0.135. The number of nitrogens with zero attached hydrogens (tertiary/aromatic N) is 1. The van der Waals surface area contributed by atoms with Crippen LogP contribution in [0.25, 0.3) is 0 Å². The van der Waals surface area contributed by atoms with Crippen molar-refractivity contribution in [1.82, 2.24) is 4.90 Å². The SMILES string of the molecule is COC(=O)C1CCN(Cc2ccccc2C(F)(F)F)CC1. The zero-order valence-corrected chi connectivity index (χ0v) is 11.8. The largest absolute Gasteiger partial charge is 0.469 e. The van der Waals surface area contributed by atoms with E-state index in [2.05, 4.69) is 0 Å². The Morgan fingerprint density at radius 1 is 1.29 bits per heavy atom. The summed E-state index contributed by atoms with van der Waals surface area (Å²) in [6.45, 7) is 1.46. The molecule has 0 saturated carbocycles. The molecule has 1 fully saturated rings. The fourth-order valence-corrected chi connectivity index (χ4v) is 2.67. The van der Waals surface area contributed by atoms with Crippen LogP contribution in [0.4, 0.5) is 13.2 Å². The number of piperidine rings is 1. The molecule has 0 aromatic heterocycles. The summed E-state index contributed by atoms with van der Waals surface area (Å²) in [6, 6.07) is 5.63. The Morgan fingerprint density at radius 2 is 1.90 bits per heavy atom. The van der Waals surface area contributed by atoms with Gasteiger partial charge in [-0.05, 0) is 37.6 Å². The van der Waals surface area contributed by atoms with Crippen LogP contribution >= 0.6 is 0 Å². The Labute approximate surface area is 121 Å². The van der Waals surface area contributed by atoms with Crippen molar-refractivity contribution in [2.75, 3.05) is 20.2 Å². The molecule has 0 radical (unpaired) electrons. The first-order valence-corrected chi connectivity index (χ1v) is 6.87. The van der Waals surface area contributed by atoms with Crippen molar-refractivity contribution in [1.29, 1.82) is 0 Å². The molecule has 1 aliphatic heterocycles. The van der Waals surface area contributed by atoms with Crippen LogP contribution in [-0.2, 0) is 22.3 Å². The summed E-state index contributed by atoms with van der Waals surface area (Å²) in [5.41, 5.74) is -0.304. The first kappa shape index (κ1) is 15.8. The van der Waals surface area contributed by atoms with E-state index >= 15 is 0 Å². The van der Waals surface area contributed by atoms with Crippen molar-refractivity contribution in [2.45, 2.75) is 25.6 Å². The standard InChI is InChI=1S/C15H18F3NO2/c1-21-14(20)11-6-8-19(9-7-11)10-12-4-2-3-5-13(12)15(16,17)18/h2-5,11H,6-10H2,1H3. The number of halogens is 3. The van der Waals surface area contributed by atoms with Crippen LogP contribution in [0, 0.1) is 5.92 Å². The molecule has 1 aliphatic rings. The van der Waals surface area contributed by atoms with Gasteiger partial charge in [0.1, 0.15) is 0 Å². The summed E-state index contributed by atoms with van der Waals surface area (Å²) < 4.78 is 43.5. The lowest BCUT2D eigenvalue weighted by Crippen LogP contribution is -2.36. The van der Waals surface area contributed by atoms with Gasteiger partial charge in [-0.1, -0.05) is 18.2 Å². The fraction of sp³-hybridized carbons (Fsp3) is 0.533. The summed E-state index contributed by atoms with van der Waals surface area (Å²) in [6.07, 6.45) is -3.08. The first-order chi connectivity index (χ1) is 9.91. The van der Waals surface area contributed by atoms with Gasteiger partial charge in [0, 0.05) is 6.54 Å². The van der Waals surface area contributed by atoms with Crippen molar-refractivity contribution in [3.8, 4) is 0 Å². The van der Waals surface area contributed by atoms with Gasteiger partial charge in [-0.2, -0.15) is 13.2 Å². The second-order valence-corrected chi connectivity index (χ2v) is 5.23. The lowest BCUT2D eigenvalue weighted by atomic mass is 9.96. The van der Waals surface area contributed by atoms with E-state index in [9.17, 15) is 18.0 Å². The average molecular weight is 301 g/mol. The minimum atomic E-state index is -4.33. The van der Waals surface area contributed by atoms with Crippen LogP contribution in [0.2, 0.25) is 0 Å². The van der Waals surface area contributed by atoms with Gasteiger partial charge >= 0.3 is 12.1 Å². The molecule has 0 unspecified atom stereocenters. The maximum atomic E-state index is 12.9. The molecule has 116 valence electrons. The van der Waals surface area contributed by atoms with Gasteiger partial charge in [-0.25, -0.2) is 0 Å². The molecule has 0 aliphatic carbocycles. The van der Waals surface area contributed by atoms with Crippen LogP contribution < -0.4 is 0 Å². The highest BCUT2D eigenvalue weighted by atomic mass is 19.4. The second-order valence-electron chi connectivity index (χ2n) is 5.23. The quantitative estimate of drug-likeness (QED) is 0.804. The maximum Gasteiger partial charge on any atom is 0.416 e. The third kappa shape index (κ3) is 3.97. The molecular formula is C15H18F3NO2. The number of benzene rings is 1. The summed E-state index contributed by atoms with van der Waals surface area (Å²) in [7, 11) is 1.36. The van der Waals surface area contributed by atoms with Gasteiger partial charge in [-0.3, -0.25) is 9.69 Å². The number of carbonyl (C=O) groups is 1. The highest BCUT2D eigenvalue weighted by Gasteiger charge is 2.34. The van der Waals surface area contributed by atoms with Crippen molar-refractivity contribution in [2.24, 2.45) is 5.92 Å². The Kier molecular flexibility index (Phi) is 4.88. The van der Waals surface area contributed by atoms with Crippen molar-refractivity contribution in [3.63, 3.8) is 0 Å². The van der Waals surface area contributed by atoms with E-state index in [0.717, 1.165) is 6.07 Å². The number of ether oxygens (including phenoxy) is 1. The van der Waals surface area contributed by atoms with E-state index in [1.807, 2.05) is 4.90 Å². The third-order valence-electron chi connectivity index (χ3n) is 3.84. The molecule has 1 saturated heterocycles. The molecule has 6 heteroatoms. The summed E-state index contributed by atoms with van der Waals surface area (Å²) in [5, 5.41) is 0. The van der Waals surface area contributed by atoms with Crippen molar-refractivity contribution >= 4 is 5.97 Å². The topological polar surface area (TPSA) is 29.5 Å². The number of esters is 1. The van der Waals surface area contributed by atoms with E-state index in [-0.39, 0.29) is 24.0 Å². The molecule has 0 N–H and O–H groups in total. The third-order valence-corrected chi connectivity index (χ3v) is 3.84. The second kappa shape index (κ2) is 6.47. The number of alkyl halides is 3. The molecule has 1 aromatic carbocycles. The Morgan fingerprint density at radius 3 is 2.48 bits per heavy atom. The van der Waals surface area contributed by atoms with Gasteiger partial charge < -0.3 is 4.74 Å². The lowest BCUT2D eigenvalue weighted by molar-refractivity contribution is -0.147. The van der Waals surface area contributed by atoms with Crippen LogP contribution in [0.15, 0.2) is 24.3 Å². The molecule has 0 bridgehead atoms. The number of methoxy groups -OCH3 is 1.